The Balaban J connectivity index is 2.20. The predicted octanol–water partition coefficient (Wildman–Crippen LogP) is 3.93. The number of ether oxygens (including phenoxy) is 1. The van der Waals surface area contributed by atoms with E-state index in [9.17, 15) is 4.79 Å². The Morgan fingerprint density at radius 1 is 1.30 bits per heavy atom. The summed E-state index contributed by atoms with van der Waals surface area (Å²) in [5.74, 6) is -0.348. The predicted molar refractivity (Wildman–Crippen MR) is 100 cm³/mol. The number of nitrogens with two attached hydrogens (primary N) is 1. The van der Waals surface area contributed by atoms with Crippen LogP contribution in [0.3, 0.4) is 0 Å². The molecule has 0 fully saturated rings. The van der Waals surface area contributed by atoms with Gasteiger partial charge in [0.25, 0.3) is 0 Å². The van der Waals surface area contributed by atoms with Crippen LogP contribution in [0.4, 0.5) is 16.4 Å². The summed E-state index contributed by atoms with van der Waals surface area (Å²) >= 11 is 6.79. The lowest BCUT2D eigenvalue weighted by Crippen LogP contribution is -2.21. The molecule has 0 bridgehead atoms. The maximum absolute atomic E-state index is 12.2. The number of anilines is 3. The van der Waals surface area contributed by atoms with Gasteiger partial charge >= 0.3 is 5.97 Å². The van der Waals surface area contributed by atoms with Crippen LogP contribution in [0.15, 0.2) is 24.3 Å². The van der Waals surface area contributed by atoms with Crippen LogP contribution in [0.2, 0.25) is 0 Å². The van der Waals surface area contributed by atoms with Crippen LogP contribution in [-0.2, 0) is 4.74 Å². The summed E-state index contributed by atoms with van der Waals surface area (Å²) in [5, 5.41) is 7.15. The third-order valence-corrected chi connectivity index (χ3v) is 4.63. The SMILES string of the molecule is CCOC(=O)c1c(NC(=S)Nc2ccccc2N)sc(C)c1C. The van der Waals surface area contributed by atoms with E-state index in [4.69, 9.17) is 22.7 Å². The van der Waals surface area contributed by atoms with E-state index in [0.717, 1.165) is 10.4 Å². The summed E-state index contributed by atoms with van der Waals surface area (Å²) in [5.41, 5.74) is 8.63. The number of thiocarbonyl (C=S) groups is 1. The van der Waals surface area contributed by atoms with Crippen LogP contribution in [0, 0.1) is 13.8 Å². The Labute approximate surface area is 144 Å². The highest BCUT2D eigenvalue weighted by Crippen LogP contribution is 2.33. The summed E-state index contributed by atoms with van der Waals surface area (Å²) in [4.78, 5) is 13.2. The molecule has 7 heteroatoms. The number of esters is 1. The Morgan fingerprint density at radius 2 is 2.00 bits per heavy atom. The van der Waals surface area contributed by atoms with E-state index in [0.29, 0.717) is 33.7 Å². The minimum atomic E-state index is -0.348. The molecule has 2 aromatic rings. The van der Waals surface area contributed by atoms with Crippen molar-refractivity contribution in [3.8, 4) is 0 Å². The van der Waals surface area contributed by atoms with Crippen molar-refractivity contribution in [3.63, 3.8) is 0 Å². The molecule has 0 aliphatic rings. The fourth-order valence-electron chi connectivity index (χ4n) is 2.03. The molecule has 23 heavy (non-hydrogen) atoms. The second-order valence-electron chi connectivity index (χ2n) is 4.87. The first-order valence-corrected chi connectivity index (χ1v) is 8.36. The van der Waals surface area contributed by atoms with Crippen molar-refractivity contribution in [2.75, 3.05) is 23.0 Å². The average Bonchev–Trinajstić information content (AvgIpc) is 2.76. The normalized spacial score (nSPS) is 10.2. The molecule has 1 heterocycles. The average molecular weight is 349 g/mol. The number of rotatable bonds is 4. The Morgan fingerprint density at radius 3 is 2.65 bits per heavy atom. The number of nitrogen functional groups attached to an aromatic ring is 1. The standard InChI is InChI=1S/C16H19N3O2S2/c1-4-21-15(20)13-9(2)10(3)23-14(13)19-16(22)18-12-8-6-5-7-11(12)17/h5-8H,4,17H2,1-3H3,(H2,18,19,22). The fourth-order valence-corrected chi connectivity index (χ4v) is 3.36. The summed E-state index contributed by atoms with van der Waals surface area (Å²) in [6, 6.07) is 7.33. The van der Waals surface area contributed by atoms with Gasteiger partial charge in [0.05, 0.1) is 23.5 Å². The van der Waals surface area contributed by atoms with E-state index < -0.39 is 0 Å². The molecular formula is C16H19N3O2S2. The quantitative estimate of drug-likeness (QED) is 0.441. The fraction of sp³-hybridized carbons (Fsp3) is 0.250. The molecule has 0 aliphatic carbocycles. The topological polar surface area (TPSA) is 76.4 Å². The van der Waals surface area contributed by atoms with Gasteiger partial charge in [0, 0.05) is 4.88 Å². The van der Waals surface area contributed by atoms with E-state index in [1.165, 1.54) is 11.3 Å². The molecule has 5 nitrogen and oxygen atoms in total. The van der Waals surface area contributed by atoms with Gasteiger partial charge in [-0.15, -0.1) is 11.3 Å². The van der Waals surface area contributed by atoms with Crippen molar-refractivity contribution in [2.24, 2.45) is 0 Å². The van der Waals surface area contributed by atoms with E-state index in [-0.39, 0.29) is 5.97 Å². The van der Waals surface area contributed by atoms with Crippen LogP contribution in [0.25, 0.3) is 0 Å². The summed E-state index contributed by atoms with van der Waals surface area (Å²) in [7, 11) is 0. The van der Waals surface area contributed by atoms with Crippen LogP contribution >= 0.6 is 23.6 Å². The molecule has 4 N–H and O–H groups in total. The lowest BCUT2D eigenvalue weighted by atomic mass is 10.1. The third-order valence-electron chi connectivity index (χ3n) is 3.30. The van der Waals surface area contributed by atoms with Gasteiger partial charge in [0.1, 0.15) is 5.00 Å². The lowest BCUT2D eigenvalue weighted by molar-refractivity contribution is 0.0527. The first-order chi connectivity index (χ1) is 10.9. The van der Waals surface area contributed by atoms with Crippen molar-refractivity contribution < 1.29 is 9.53 Å². The van der Waals surface area contributed by atoms with Crippen LogP contribution in [-0.4, -0.2) is 17.7 Å². The molecule has 0 amide bonds. The summed E-state index contributed by atoms with van der Waals surface area (Å²) < 4.78 is 5.13. The number of carbonyl (C=O) groups excluding carboxylic acids is 1. The minimum absolute atomic E-state index is 0.329. The number of hydrogen-bond acceptors (Lipinski definition) is 5. The first kappa shape index (κ1) is 17.2. The highest BCUT2D eigenvalue weighted by Gasteiger charge is 2.21. The van der Waals surface area contributed by atoms with Crippen LogP contribution in [0.5, 0.6) is 0 Å². The van der Waals surface area contributed by atoms with Crippen molar-refractivity contribution in [3.05, 3.63) is 40.3 Å². The molecule has 1 aromatic heterocycles. The van der Waals surface area contributed by atoms with Crippen molar-refractivity contribution >= 4 is 51.0 Å². The molecule has 0 aliphatic heterocycles. The highest BCUT2D eigenvalue weighted by atomic mass is 32.1. The second-order valence-corrected chi connectivity index (χ2v) is 6.51. The summed E-state index contributed by atoms with van der Waals surface area (Å²) in [6.45, 7) is 5.97. The van der Waals surface area contributed by atoms with Gasteiger partial charge < -0.3 is 21.1 Å². The zero-order valence-corrected chi connectivity index (χ0v) is 14.9. The number of benzene rings is 1. The molecule has 0 atom stereocenters. The van der Waals surface area contributed by atoms with Gasteiger partial charge in [-0.2, -0.15) is 0 Å². The van der Waals surface area contributed by atoms with Crippen LogP contribution in [0.1, 0.15) is 27.7 Å². The molecular weight excluding hydrogens is 330 g/mol. The minimum Gasteiger partial charge on any atom is -0.462 e. The zero-order valence-electron chi connectivity index (χ0n) is 13.2. The monoisotopic (exact) mass is 349 g/mol. The zero-order chi connectivity index (χ0) is 17.0. The number of nitrogens with one attached hydrogen (secondary N) is 2. The van der Waals surface area contributed by atoms with E-state index in [1.54, 1.807) is 13.0 Å². The van der Waals surface area contributed by atoms with Gasteiger partial charge in [-0.1, -0.05) is 12.1 Å². The first-order valence-electron chi connectivity index (χ1n) is 7.13. The molecule has 122 valence electrons. The Hall–Kier alpha value is -2.12. The number of aryl methyl sites for hydroxylation is 1. The summed E-state index contributed by atoms with van der Waals surface area (Å²) in [6.07, 6.45) is 0. The second kappa shape index (κ2) is 7.43. The molecule has 2 rings (SSSR count). The smallest absolute Gasteiger partial charge is 0.341 e. The van der Waals surface area contributed by atoms with Crippen molar-refractivity contribution in [2.45, 2.75) is 20.8 Å². The number of carbonyl (C=O) groups is 1. The lowest BCUT2D eigenvalue weighted by Gasteiger charge is -2.12. The van der Waals surface area contributed by atoms with Crippen LogP contribution < -0.4 is 16.4 Å². The molecule has 0 unspecified atom stereocenters. The molecule has 0 saturated heterocycles. The van der Waals surface area contributed by atoms with E-state index >= 15 is 0 Å². The molecule has 1 aromatic carbocycles. The molecule has 0 saturated carbocycles. The third kappa shape index (κ3) is 4.00. The van der Waals surface area contributed by atoms with Crippen molar-refractivity contribution in [1.29, 1.82) is 0 Å². The van der Waals surface area contributed by atoms with Gasteiger partial charge in [0.2, 0.25) is 0 Å². The number of thiophene rings is 1. The highest BCUT2D eigenvalue weighted by molar-refractivity contribution is 7.80. The molecule has 0 spiro atoms. The largest absolute Gasteiger partial charge is 0.462 e. The maximum atomic E-state index is 12.2. The Kier molecular flexibility index (Phi) is 5.57. The Bertz CT molecular complexity index is 741. The number of hydrogen-bond donors (Lipinski definition) is 3. The van der Waals surface area contributed by atoms with Gasteiger partial charge in [-0.3, -0.25) is 0 Å². The number of para-hydroxylation sites is 2. The van der Waals surface area contributed by atoms with Gasteiger partial charge in [0.15, 0.2) is 5.11 Å². The molecule has 0 radical (unpaired) electrons. The van der Waals surface area contributed by atoms with Crippen molar-refractivity contribution in [1.82, 2.24) is 0 Å². The van der Waals surface area contributed by atoms with Gasteiger partial charge in [-0.25, -0.2) is 4.79 Å². The van der Waals surface area contributed by atoms with E-state index in [2.05, 4.69) is 10.6 Å². The maximum Gasteiger partial charge on any atom is 0.341 e. The van der Waals surface area contributed by atoms with Gasteiger partial charge in [-0.05, 0) is 50.7 Å². The van der Waals surface area contributed by atoms with E-state index in [1.807, 2.05) is 32.0 Å².